The second-order valence-corrected chi connectivity index (χ2v) is 4.31. The van der Waals surface area contributed by atoms with E-state index in [4.69, 9.17) is 11.6 Å². The first-order valence-corrected chi connectivity index (χ1v) is 6.01. The first kappa shape index (κ1) is 11.2. The predicted octanol–water partition coefficient (Wildman–Crippen LogP) is 0.986. The van der Waals surface area contributed by atoms with E-state index in [1.165, 1.54) is 6.20 Å². The molecule has 0 N–H and O–H groups in total. The Balaban J connectivity index is 2.40. The van der Waals surface area contributed by atoms with Crippen molar-refractivity contribution in [2.75, 3.05) is 5.88 Å². The van der Waals surface area contributed by atoms with Crippen LogP contribution < -0.4 is 5.56 Å². The molecule has 3 heterocycles. The van der Waals surface area contributed by atoms with Gasteiger partial charge in [0, 0.05) is 24.8 Å². The molecule has 0 spiro atoms. The Hall–Kier alpha value is -1.95. The number of hydrogen-bond acceptors (Lipinski definition) is 4. The number of aromatic nitrogens is 5. The lowest BCUT2D eigenvalue weighted by Crippen LogP contribution is -2.21. The monoisotopic (exact) mass is 263 g/mol. The van der Waals surface area contributed by atoms with Crippen LogP contribution in [0.25, 0.3) is 16.7 Å². The van der Waals surface area contributed by atoms with Crippen molar-refractivity contribution in [1.29, 1.82) is 0 Å². The zero-order valence-electron chi connectivity index (χ0n) is 9.67. The zero-order valence-corrected chi connectivity index (χ0v) is 10.4. The molecule has 92 valence electrons. The summed E-state index contributed by atoms with van der Waals surface area (Å²) in [5, 5.41) is 4.74. The lowest BCUT2D eigenvalue weighted by atomic mass is 10.3. The third kappa shape index (κ3) is 1.57. The number of nitrogens with zero attached hydrogens (tertiary/aromatic N) is 5. The van der Waals surface area contributed by atoms with Crippen molar-refractivity contribution < 1.29 is 0 Å². The van der Waals surface area contributed by atoms with E-state index in [1.54, 1.807) is 22.2 Å². The average Bonchev–Trinajstić information content (AvgIpc) is 2.73. The maximum Gasteiger partial charge on any atom is 0.261 e. The summed E-state index contributed by atoms with van der Waals surface area (Å²) in [6, 6.07) is 1.83. The Morgan fingerprint density at radius 3 is 3.06 bits per heavy atom. The highest BCUT2D eigenvalue weighted by Gasteiger charge is 2.09. The van der Waals surface area contributed by atoms with Crippen molar-refractivity contribution in [1.82, 2.24) is 24.1 Å². The Morgan fingerprint density at radius 2 is 2.28 bits per heavy atom. The SMILES string of the molecule is Cc1nc2ncc3c(=O)n(CCCl)ccc3n2n1. The van der Waals surface area contributed by atoms with E-state index in [0.29, 0.717) is 34.9 Å². The third-order valence-electron chi connectivity index (χ3n) is 2.74. The van der Waals surface area contributed by atoms with Gasteiger partial charge in [-0.05, 0) is 13.0 Å². The van der Waals surface area contributed by atoms with Crippen molar-refractivity contribution in [3.63, 3.8) is 0 Å². The summed E-state index contributed by atoms with van der Waals surface area (Å²) >= 11 is 5.65. The molecule has 3 rings (SSSR count). The molecule has 18 heavy (non-hydrogen) atoms. The van der Waals surface area contributed by atoms with E-state index < -0.39 is 0 Å². The topological polar surface area (TPSA) is 65.1 Å². The summed E-state index contributed by atoms with van der Waals surface area (Å²) in [6.45, 7) is 2.26. The van der Waals surface area contributed by atoms with Gasteiger partial charge >= 0.3 is 0 Å². The molecule has 0 radical (unpaired) electrons. The smallest absolute Gasteiger partial charge is 0.261 e. The van der Waals surface area contributed by atoms with Gasteiger partial charge in [0.2, 0.25) is 0 Å². The van der Waals surface area contributed by atoms with Crippen LogP contribution >= 0.6 is 11.6 Å². The van der Waals surface area contributed by atoms with Crippen molar-refractivity contribution in [3.05, 3.63) is 34.6 Å². The van der Waals surface area contributed by atoms with Gasteiger partial charge < -0.3 is 4.57 Å². The lowest BCUT2D eigenvalue weighted by Gasteiger charge is -2.05. The molecule has 0 aliphatic carbocycles. The van der Waals surface area contributed by atoms with Crippen LogP contribution in [-0.4, -0.2) is 30.0 Å². The number of fused-ring (bicyclic) bond motifs is 3. The van der Waals surface area contributed by atoms with Crippen molar-refractivity contribution in [2.24, 2.45) is 0 Å². The van der Waals surface area contributed by atoms with Gasteiger partial charge in [-0.25, -0.2) is 4.98 Å². The molecule has 3 aromatic heterocycles. The predicted molar refractivity (Wildman–Crippen MR) is 68.0 cm³/mol. The molecule has 0 saturated carbocycles. The van der Waals surface area contributed by atoms with Gasteiger partial charge in [0.25, 0.3) is 11.3 Å². The molecule has 0 aliphatic rings. The molecule has 0 bridgehead atoms. The highest BCUT2D eigenvalue weighted by molar-refractivity contribution is 6.17. The Morgan fingerprint density at radius 1 is 1.44 bits per heavy atom. The van der Waals surface area contributed by atoms with Crippen molar-refractivity contribution in [3.8, 4) is 0 Å². The number of aryl methyl sites for hydroxylation is 2. The minimum Gasteiger partial charge on any atom is -0.314 e. The van der Waals surface area contributed by atoms with Crippen molar-refractivity contribution >= 4 is 28.3 Å². The molecule has 0 atom stereocenters. The number of alkyl halides is 1. The van der Waals surface area contributed by atoms with Crippen LogP contribution in [0.15, 0.2) is 23.3 Å². The molecule has 3 aromatic rings. The fraction of sp³-hybridized carbons (Fsp3) is 0.273. The Bertz CT molecular complexity index is 791. The summed E-state index contributed by atoms with van der Waals surface area (Å²) in [4.78, 5) is 20.5. The summed E-state index contributed by atoms with van der Waals surface area (Å²) in [5.41, 5.74) is 0.590. The average molecular weight is 264 g/mol. The maximum atomic E-state index is 12.2. The second kappa shape index (κ2) is 4.06. The Kier molecular flexibility index (Phi) is 2.52. The molecule has 0 unspecified atom stereocenters. The minimum atomic E-state index is -0.115. The molecular weight excluding hydrogens is 254 g/mol. The molecule has 6 nitrogen and oxygen atoms in total. The Labute approximate surface area is 107 Å². The molecular formula is C11H10ClN5O. The fourth-order valence-electron chi connectivity index (χ4n) is 1.93. The van der Waals surface area contributed by atoms with Gasteiger partial charge in [-0.1, -0.05) is 0 Å². The summed E-state index contributed by atoms with van der Waals surface area (Å²) in [7, 11) is 0. The van der Waals surface area contributed by atoms with Crippen LogP contribution in [0, 0.1) is 6.92 Å². The summed E-state index contributed by atoms with van der Waals surface area (Å²) in [6.07, 6.45) is 3.25. The minimum absolute atomic E-state index is 0.115. The quantitative estimate of drug-likeness (QED) is 0.647. The first-order valence-electron chi connectivity index (χ1n) is 5.48. The second-order valence-electron chi connectivity index (χ2n) is 3.93. The van der Waals surface area contributed by atoms with E-state index >= 15 is 0 Å². The fourth-order valence-corrected chi connectivity index (χ4v) is 2.11. The number of rotatable bonds is 2. The van der Waals surface area contributed by atoms with E-state index in [0.717, 1.165) is 0 Å². The standard InChI is InChI=1S/C11H10ClN5O/c1-7-14-11-13-6-8-9(17(11)15-7)2-4-16(5-3-12)10(8)18/h2,4,6H,3,5H2,1H3. The lowest BCUT2D eigenvalue weighted by molar-refractivity contribution is 0.738. The van der Waals surface area contributed by atoms with E-state index in [2.05, 4.69) is 15.1 Å². The van der Waals surface area contributed by atoms with Gasteiger partial charge in [0.1, 0.15) is 5.82 Å². The third-order valence-corrected chi connectivity index (χ3v) is 2.91. The number of hydrogen-bond donors (Lipinski definition) is 0. The molecule has 0 aromatic carbocycles. The van der Waals surface area contributed by atoms with Gasteiger partial charge in [0.05, 0.1) is 10.9 Å². The zero-order chi connectivity index (χ0) is 12.7. The number of pyridine rings is 1. The van der Waals surface area contributed by atoms with Crippen LogP contribution in [0.5, 0.6) is 0 Å². The van der Waals surface area contributed by atoms with Crippen LogP contribution in [0.2, 0.25) is 0 Å². The van der Waals surface area contributed by atoms with Gasteiger partial charge in [-0.3, -0.25) is 4.79 Å². The molecule has 7 heteroatoms. The van der Waals surface area contributed by atoms with Crippen LogP contribution in [0.1, 0.15) is 5.82 Å². The number of halogens is 1. The van der Waals surface area contributed by atoms with E-state index in [9.17, 15) is 4.79 Å². The van der Waals surface area contributed by atoms with Crippen LogP contribution in [0.3, 0.4) is 0 Å². The van der Waals surface area contributed by atoms with E-state index in [1.807, 2.05) is 6.07 Å². The van der Waals surface area contributed by atoms with Gasteiger partial charge in [-0.15, -0.1) is 16.7 Å². The van der Waals surface area contributed by atoms with Crippen molar-refractivity contribution in [2.45, 2.75) is 13.5 Å². The molecule has 0 aliphatic heterocycles. The summed E-state index contributed by atoms with van der Waals surface area (Å²) in [5.74, 6) is 1.51. The summed E-state index contributed by atoms with van der Waals surface area (Å²) < 4.78 is 3.14. The highest BCUT2D eigenvalue weighted by Crippen LogP contribution is 2.09. The maximum absolute atomic E-state index is 12.2. The largest absolute Gasteiger partial charge is 0.314 e. The molecule has 0 amide bonds. The van der Waals surface area contributed by atoms with Gasteiger partial charge in [-0.2, -0.15) is 9.50 Å². The molecule has 0 fully saturated rings. The van der Waals surface area contributed by atoms with Crippen LogP contribution in [-0.2, 0) is 6.54 Å². The van der Waals surface area contributed by atoms with Crippen LogP contribution in [0.4, 0.5) is 0 Å². The van der Waals surface area contributed by atoms with Gasteiger partial charge in [0.15, 0.2) is 0 Å². The normalized spacial score (nSPS) is 11.4. The van der Waals surface area contributed by atoms with E-state index in [-0.39, 0.29) is 5.56 Å². The molecule has 0 saturated heterocycles. The first-order chi connectivity index (χ1) is 8.70. The highest BCUT2D eigenvalue weighted by atomic mass is 35.5.